The van der Waals surface area contributed by atoms with Gasteiger partial charge in [0.2, 0.25) is 5.91 Å². The van der Waals surface area contributed by atoms with Crippen molar-refractivity contribution in [1.82, 2.24) is 9.97 Å². The molecule has 3 aromatic rings. The fraction of sp³-hybridized carbons (Fsp3) is 0.409. The highest BCUT2D eigenvalue weighted by Gasteiger charge is 2.32. The van der Waals surface area contributed by atoms with Gasteiger partial charge in [-0.25, -0.2) is 4.98 Å². The van der Waals surface area contributed by atoms with Gasteiger partial charge in [0.15, 0.2) is 5.16 Å². The first-order chi connectivity index (χ1) is 13.8. The molecule has 0 unspecified atom stereocenters. The molecule has 7 heteroatoms. The van der Waals surface area contributed by atoms with Crippen molar-refractivity contribution in [2.24, 2.45) is 11.3 Å². The number of nitrogens with one attached hydrogen (secondary N) is 2. The number of thioether (sulfide) groups is 1. The Morgan fingerprint density at radius 1 is 1.41 bits per heavy atom. The van der Waals surface area contributed by atoms with Crippen molar-refractivity contribution < 1.29 is 4.79 Å². The van der Waals surface area contributed by atoms with E-state index in [4.69, 9.17) is 0 Å². The van der Waals surface area contributed by atoms with Gasteiger partial charge in [-0.1, -0.05) is 44.7 Å². The smallest absolute Gasteiger partial charge is 0.235 e. The van der Waals surface area contributed by atoms with Gasteiger partial charge in [-0.2, -0.15) is 5.26 Å². The number of imidazole rings is 1. The largest absolute Gasteiger partial charge is 0.333 e. The van der Waals surface area contributed by atoms with Crippen LogP contribution in [0.2, 0.25) is 0 Å². The lowest BCUT2D eigenvalue weighted by Crippen LogP contribution is -2.26. The van der Waals surface area contributed by atoms with Crippen molar-refractivity contribution in [3.63, 3.8) is 0 Å². The molecule has 2 aromatic heterocycles. The van der Waals surface area contributed by atoms with E-state index in [9.17, 15) is 10.1 Å². The van der Waals surface area contributed by atoms with Crippen molar-refractivity contribution >= 4 is 45.0 Å². The molecular weight excluding hydrogens is 400 g/mol. The lowest BCUT2D eigenvalue weighted by Gasteiger charge is -2.33. The zero-order chi connectivity index (χ0) is 20.6. The zero-order valence-corrected chi connectivity index (χ0v) is 18.5. The van der Waals surface area contributed by atoms with Crippen molar-refractivity contribution in [2.75, 3.05) is 11.1 Å². The molecule has 29 heavy (non-hydrogen) atoms. The van der Waals surface area contributed by atoms with Crippen LogP contribution in [-0.2, 0) is 17.6 Å². The van der Waals surface area contributed by atoms with Gasteiger partial charge in [-0.15, -0.1) is 11.3 Å². The minimum Gasteiger partial charge on any atom is -0.333 e. The number of benzene rings is 1. The molecular formula is C22H24N4OS2. The lowest BCUT2D eigenvalue weighted by atomic mass is 9.72. The molecule has 1 aromatic carbocycles. The number of H-pyrrole nitrogens is 1. The summed E-state index contributed by atoms with van der Waals surface area (Å²) in [5.74, 6) is 0.739. The van der Waals surface area contributed by atoms with Crippen LogP contribution in [0.3, 0.4) is 0 Å². The minimum absolute atomic E-state index is 0.113. The summed E-state index contributed by atoms with van der Waals surface area (Å²) in [7, 11) is 0. The second-order valence-corrected chi connectivity index (χ2v) is 10.6. The first-order valence-corrected chi connectivity index (χ1v) is 11.6. The molecule has 5 nitrogen and oxygen atoms in total. The molecule has 150 valence electrons. The lowest BCUT2D eigenvalue weighted by molar-refractivity contribution is -0.113. The Bertz CT molecular complexity index is 1070. The number of amides is 1. The molecule has 0 fully saturated rings. The van der Waals surface area contributed by atoms with E-state index in [1.807, 2.05) is 24.3 Å². The average molecular weight is 425 g/mol. The number of nitrogens with zero attached hydrogens (tertiary/aromatic N) is 2. The maximum absolute atomic E-state index is 12.5. The molecule has 0 spiro atoms. The van der Waals surface area contributed by atoms with Gasteiger partial charge < -0.3 is 10.3 Å². The number of carbonyl (C=O) groups excluding carboxylic acids is 1. The molecule has 0 radical (unpaired) electrons. The number of hydrogen-bond donors (Lipinski definition) is 2. The van der Waals surface area contributed by atoms with Crippen LogP contribution >= 0.6 is 23.1 Å². The van der Waals surface area contributed by atoms with Crippen LogP contribution in [0.15, 0.2) is 29.4 Å². The Kier molecular flexibility index (Phi) is 5.41. The second kappa shape index (κ2) is 7.85. The van der Waals surface area contributed by atoms with E-state index >= 15 is 0 Å². The molecule has 0 saturated heterocycles. The molecule has 1 amide bonds. The van der Waals surface area contributed by atoms with Gasteiger partial charge in [0, 0.05) is 4.88 Å². The fourth-order valence-electron chi connectivity index (χ4n) is 3.83. The number of fused-ring (bicyclic) bond motifs is 2. The number of nitriles is 1. The van der Waals surface area contributed by atoms with Crippen molar-refractivity contribution in [1.29, 1.82) is 5.26 Å². The predicted molar refractivity (Wildman–Crippen MR) is 119 cm³/mol. The summed E-state index contributed by atoms with van der Waals surface area (Å²) in [4.78, 5) is 21.5. The second-order valence-electron chi connectivity index (χ2n) is 8.52. The van der Waals surface area contributed by atoms with Gasteiger partial charge >= 0.3 is 0 Å². The number of aromatic amines is 1. The molecule has 2 heterocycles. The van der Waals surface area contributed by atoms with E-state index in [1.165, 1.54) is 16.6 Å². The van der Waals surface area contributed by atoms with Crippen molar-refractivity contribution in [2.45, 2.75) is 45.2 Å². The number of carbonyl (C=O) groups is 1. The van der Waals surface area contributed by atoms with Gasteiger partial charge in [-0.05, 0) is 48.3 Å². The summed E-state index contributed by atoms with van der Waals surface area (Å²) in [6.07, 6.45) is 3.00. The topological polar surface area (TPSA) is 81.6 Å². The quantitative estimate of drug-likeness (QED) is 0.551. The summed E-state index contributed by atoms with van der Waals surface area (Å²) in [5, 5.41) is 14.1. The standard InChI is InChI=1S/C22H24N4OS2/c1-22(2,3)13-8-9-14-15(11-23)20(29-18(14)10-13)26-19(27)12-28-21-24-16-6-4-5-7-17(16)25-21/h4-7,13H,8-10,12H2,1-3H3,(H,24,25)(H,26,27)/t13-/m1/s1. The Balaban J connectivity index is 1.44. The van der Waals surface area contributed by atoms with Crippen LogP contribution in [0.1, 0.15) is 43.2 Å². The SMILES string of the molecule is CC(C)(C)[C@@H]1CCc2c(sc(NC(=O)CSc3nc4ccccc4[nH]3)c2C#N)C1. The van der Waals surface area contributed by atoms with E-state index in [1.54, 1.807) is 11.3 Å². The normalized spacial score (nSPS) is 16.4. The Morgan fingerprint density at radius 3 is 2.93 bits per heavy atom. The summed E-state index contributed by atoms with van der Waals surface area (Å²) in [6, 6.07) is 10.1. The highest BCUT2D eigenvalue weighted by Crippen LogP contribution is 2.44. The van der Waals surface area contributed by atoms with E-state index in [0.717, 1.165) is 41.0 Å². The molecule has 0 bridgehead atoms. The van der Waals surface area contributed by atoms with Gasteiger partial charge in [0.05, 0.1) is 22.3 Å². The molecule has 0 aliphatic heterocycles. The van der Waals surface area contributed by atoms with Crippen LogP contribution in [0.25, 0.3) is 11.0 Å². The van der Waals surface area contributed by atoms with Crippen molar-refractivity contribution in [3.8, 4) is 6.07 Å². The summed E-state index contributed by atoms with van der Waals surface area (Å²) in [6.45, 7) is 6.83. The van der Waals surface area contributed by atoms with Crippen LogP contribution in [-0.4, -0.2) is 21.6 Å². The Morgan fingerprint density at radius 2 is 2.21 bits per heavy atom. The summed E-state index contributed by atoms with van der Waals surface area (Å²) < 4.78 is 0. The Hall–Kier alpha value is -2.30. The maximum atomic E-state index is 12.5. The van der Waals surface area contributed by atoms with E-state index in [0.29, 0.717) is 16.5 Å². The van der Waals surface area contributed by atoms with Crippen LogP contribution in [0.4, 0.5) is 5.00 Å². The predicted octanol–water partition coefficient (Wildman–Crippen LogP) is 5.38. The molecule has 0 saturated carbocycles. The van der Waals surface area contributed by atoms with Crippen LogP contribution in [0.5, 0.6) is 0 Å². The fourth-order valence-corrected chi connectivity index (χ4v) is 5.80. The first-order valence-electron chi connectivity index (χ1n) is 9.77. The van der Waals surface area contributed by atoms with E-state index in [2.05, 4.69) is 42.1 Å². The maximum Gasteiger partial charge on any atom is 0.235 e. The number of aromatic nitrogens is 2. The highest BCUT2D eigenvalue weighted by atomic mass is 32.2. The van der Waals surface area contributed by atoms with Gasteiger partial charge in [0.25, 0.3) is 0 Å². The van der Waals surface area contributed by atoms with Crippen LogP contribution in [0, 0.1) is 22.7 Å². The third-order valence-electron chi connectivity index (χ3n) is 5.56. The molecule has 1 aliphatic carbocycles. The van der Waals surface area contributed by atoms with E-state index < -0.39 is 0 Å². The van der Waals surface area contributed by atoms with Crippen LogP contribution < -0.4 is 5.32 Å². The summed E-state index contributed by atoms with van der Waals surface area (Å²) in [5.41, 5.74) is 3.89. The first kappa shape index (κ1) is 20.0. The van der Waals surface area contributed by atoms with Gasteiger partial charge in [-0.3, -0.25) is 4.79 Å². The third-order valence-corrected chi connectivity index (χ3v) is 7.61. The van der Waals surface area contributed by atoms with E-state index in [-0.39, 0.29) is 17.1 Å². The minimum atomic E-state index is -0.113. The number of thiophene rings is 1. The molecule has 1 atom stereocenters. The van der Waals surface area contributed by atoms with Crippen molar-refractivity contribution in [3.05, 3.63) is 40.3 Å². The number of hydrogen-bond acceptors (Lipinski definition) is 5. The zero-order valence-electron chi connectivity index (χ0n) is 16.8. The van der Waals surface area contributed by atoms with Gasteiger partial charge in [0.1, 0.15) is 11.1 Å². The summed E-state index contributed by atoms with van der Waals surface area (Å²) >= 11 is 2.94. The molecule has 4 rings (SSSR count). The number of para-hydroxylation sites is 2. The Labute approximate surface area is 178 Å². The number of anilines is 1. The third kappa shape index (κ3) is 4.19. The molecule has 2 N–H and O–H groups in total. The number of rotatable bonds is 4. The monoisotopic (exact) mass is 424 g/mol. The molecule has 1 aliphatic rings. The average Bonchev–Trinajstić information content (AvgIpc) is 3.25. The highest BCUT2D eigenvalue weighted by molar-refractivity contribution is 7.99.